The molecule has 0 saturated heterocycles. The van der Waals surface area contributed by atoms with E-state index in [0.29, 0.717) is 24.4 Å². The number of benzene rings is 1. The Morgan fingerprint density at radius 3 is 2.64 bits per heavy atom. The molecule has 0 aliphatic heterocycles. The number of carbonyl (C=O) groups is 1. The Hall–Kier alpha value is -1.55. The second-order valence-electron chi connectivity index (χ2n) is 7.63. The van der Waals surface area contributed by atoms with Crippen LogP contribution in [-0.4, -0.2) is 44.1 Å². The molecule has 3 atom stereocenters. The van der Waals surface area contributed by atoms with Crippen LogP contribution in [0.5, 0.6) is 5.75 Å². The van der Waals surface area contributed by atoms with Gasteiger partial charge in [0.2, 0.25) is 5.91 Å². The van der Waals surface area contributed by atoms with Crippen molar-refractivity contribution >= 4 is 5.91 Å². The van der Waals surface area contributed by atoms with Crippen LogP contribution in [-0.2, 0) is 11.2 Å². The maximum absolute atomic E-state index is 12.3. The van der Waals surface area contributed by atoms with Gasteiger partial charge in [-0.2, -0.15) is 0 Å². The van der Waals surface area contributed by atoms with Gasteiger partial charge in [-0.15, -0.1) is 0 Å². The lowest BCUT2D eigenvalue weighted by atomic mass is 9.78. The van der Waals surface area contributed by atoms with E-state index in [1.54, 1.807) is 7.11 Å². The summed E-state index contributed by atoms with van der Waals surface area (Å²) in [6.45, 7) is 5.98. The first-order valence-electron chi connectivity index (χ1n) is 9.60. The van der Waals surface area contributed by atoms with Gasteiger partial charge in [0, 0.05) is 6.04 Å². The molecule has 0 radical (unpaired) electrons. The number of likely N-dealkylation sites (N-methyl/N-ethyl adjacent to an activating group) is 1. The molecule has 1 aliphatic carbocycles. The SMILES string of the molecule is COc1ccc(CCCN(C)CC(=O)NC2CCCC(C)C2C)cc1. The molecule has 1 amide bonds. The molecule has 3 unspecified atom stereocenters. The normalized spacial score (nSPS) is 23.5. The topological polar surface area (TPSA) is 41.6 Å². The molecule has 1 aromatic carbocycles. The first-order chi connectivity index (χ1) is 12.0. The maximum Gasteiger partial charge on any atom is 0.234 e. The third kappa shape index (κ3) is 6.35. The molecule has 0 spiro atoms. The van der Waals surface area contributed by atoms with Gasteiger partial charge < -0.3 is 10.1 Å². The van der Waals surface area contributed by atoms with Crippen molar-refractivity contribution in [1.29, 1.82) is 0 Å². The molecule has 1 aromatic rings. The van der Waals surface area contributed by atoms with Crippen LogP contribution in [0.1, 0.15) is 45.1 Å². The molecule has 0 bridgehead atoms. The summed E-state index contributed by atoms with van der Waals surface area (Å²) in [5, 5.41) is 3.26. The average Bonchev–Trinajstić information content (AvgIpc) is 2.59. The number of methoxy groups -OCH3 is 1. The number of ether oxygens (including phenoxy) is 1. The Labute approximate surface area is 152 Å². The Bertz CT molecular complexity index is 529. The fraction of sp³-hybridized carbons (Fsp3) is 0.667. The Morgan fingerprint density at radius 1 is 1.24 bits per heavy atom. The van der Waals surface area contributed by atoms with E-state index in [9.17, 15) is 4.79 Å². The summed E-state index contributed by atoms with van der Waals surface area (Å²) in [7, 11) is 3.71. The van der Waals surface area contributed by atoms with Crippen LogP contribution in [0.15, 0.2) is 24.3 Å². The van der Waals surface area contributed by atoms with E-state index in [2.05, 4.69) is 36.2 Å². The zero-order chi connectivity index (χ0) is 18.2. The lowest BCUT2D eigenvalue weighted by Crippen LogP contribution is -2.46. The number of amides is 1. The van der Waals surface area contributed by atoms with Crippen LogP contribution in [0.25, 0.3) is 0 Å². The van der Waals surface area contributed by atoms with E-state index >= 15 is 0 Å². The van der Waals surface area contributed by atoms with Crippen molar-refractivity contribution in [2.75, 3.05) is 27.2 Å². The van der Waals surface area contributed by atoms with Crippen LogP contribution < -0.4 is 10.1 Å². The van der Waals surface area contributed by atoms with Crippen molar-refractivity contribution in [2.45, 2.75) is 52.0 Å². The van der Waals surface area contributed by atoms with Gasteiger partial charge in [-0.05, 0) is 62.4 Å². The third-order valence-corrected chi connectivity index (χ3v) is 5.63. The van der Waals surface area contributed by atoms with Crippen molar-refractivity contribution < 1.29 is 9.53 Å². The van der Waals surface area contributed by atoms with E-state index in [0.717, 1.165) is 31.6 Å². The summed E-state index contributed by atoms with van der Waals surface area (Å²) < 4.78 is 5.18. The van der Waals surface area contributed by atoms with E-state index in [1.165, 1.54) is 18.4 Å². The third-order valence-electron chi connectivity index (χ3n) is 5.63. The number of nitrogens with zero attached hydrogens (tertiary/aromatic N) is 1. The summed E-state index contributed by atoms with van der Waals surface area (Å²) in [6, 6.07) is 8.57. The van der Waals surface area contributed by atoms with Crippen LogP contribution in [0.2, 0.25) is 0 Å². The minimum atomic E-state index is 0.165. The van der Waals surface area contributed by atoms with Crippen LogP contribution in [0, 0.1) is 11.8 Å². The Morgan fingerprint density at radius 2 is 1.96 bits per heavy atom. The number of hydrogen-bond donors (Lipinski definition) is 1. The van der Waals surface area contributed by atoms with Crippen molar-refractivity contribution in [2.24, 2.45) is 11.8 Å². The van der Waals surface area contributed by atoms with Gasteiger partial charge in [0.1, 0.15) is 5.75 Å². The minimum Gasteiger partial charge on any atom is -0.497 e. The Balaban J connectivity index is 1.66. The summed E-state index contributed by atoms with van der Waals surface area (Å²) in [5.74, 6) is 2.35. The van der Waals surface area contributed by atoms with Gasteiger partial charge in [0.25, 0.3) is 0 Å². The lowest BCUT2D eigenvalue weighted by molar-refractivity contribution is -0.123. The number of rotatable bonds is 8. The highest BCUT2D eigenvalue weighted by molar-refractivity contribution is 5.78. The zero-order valence-corrected chi connectivity index (χ0v) is 16.3. The first kappa shape index (κ1) is 19.8. The van der Waals surface area contributed by atoms with Crippen molar-refractivity contribution in [3.8, 4) is 5.75 Å². The molecule has 0 aromatic heterocycles. The fourth-order valence-corrected chi connectivity index (χ4v) is 3.71. The predicted octanol–water partition coefficient (Wildman–Crippen LogP) is 3.50. The van der Waals surface area contributed by atoms with Crippen molar-refractivity contribution in [3.63, 3.8) is 0 Å². The highest BCUT2D eigenvalue weighted by Crippen LogP contribution is 2.29. The fourth-order valence-electron chi connectivity index (χ4n) is 3.71. The van der Waals surface area contributed by atoms with Gasteiger partial charge in [0.15, 0.2) is 0 Å². The molecule has 140 valence electrons. The molecule has 4 nitrogen and oxygen atoms in total. The molecular weight excluding hydrogens is 312 g/mol. The van der Waals surface area contributed by atoms with Crippen molar-refractivity contribution in [1.82, 2.24) is 10.2 Å². The standard InChI is InChI=1S/C21H34N2O2/c1-16-7-5-9-20(17(16)2)22-21(24)15-23(3)14-6-8-18-10-12-19(25-4)13-11-18/h10-13,16-17,20H,5-9,14-15H2,1-4H3,(H,22,24). The number of carbonyl (C=O) groups excluding carboxylic acids is 1. The van der Waals surface area contributed by atoms with E-state index < -0.39 is 0 Å². The largest absolute Gasteiger partial charge is 0.497 e. The first-order valence-corrected chi connectivity index (χ1v) is 9.60. The summed E-state index contributed by atoms with van der Waals surface area (Å²) in [5.41, 5.74) is 1.31. The van der Waals surface area contributed by atoms with Gasteiger partial charge in [-0.25, -0.2) is 0 Å². The minimum absolute atomic E-state index is 0.165. The van der Waals surface area contributed by atoms with E-state index in [4.69, 9.17) is 4.74 Å². The van der Waals surface area contributed by atoms with Gasteiger partial charge in [-0.3, -0.25) is 9.69 Å². The number of hydrogen-bond acceptors (Lipinski definition) is 3. The molecule has 1 saturated carbocycles. The predicted molar refractivity (Wildman–Crippen MR) is 103 cm³/mol. The average molecular weight is 347 g/mol. The highest BCUT2D eigenvalue weighted by Gasteiger charge is 2.28. The second kappa shape index (κ2) is 9.81. The van der Waals surface area contributed by atoms with Crippen LogP contribution in [0.3, 0.4) is 0 Å². The number of nitrogens with one attached hydrogen (secondary N) is 1. The molecule has 25 heavy (non-hydrogen) atoms. The van der Waals surface area contributed by atoms with Crippen molar-refractivity contribution in [3.05, 3.63) is 29.8 Å². The summed E-state index contributed by atoms with van der Waals surface area (Å²) >= 11 is 0. The van der Waals surface area contributed by atoms with Gasteiger partial charge in [-0.1, -0.05) is 38.8 Å². The second-order valence-corrected chi connectivity index (χ2v) is 7.63. The molecule has 1 N–H and O–H groups in total. The quantitative estimate of drug-likeness (QED) is 0.783. The molecule has 4 heteroatoms. The Kier molecular flexibility index (Phi) is 7.76. The molecule has 1 fully saturated rings. The molecule has 1 aliphatic rings. The van der Waals surface area contributed by atoms with E-state index in [-0.39, 0.29) is 5.91 Å². The number of aryl methyl sites for hydroxylation is 1. The monoisotopic (exact) mass is 346 g/mol. The molecular formula is C21H34N2O2. The van der Waals surface area contributed by atoms with Crippen LogP contribution in [0.4, 0.5) is 0 Å². The van der Waals surface area contributed by atoms with Gasteiger partial charge >= 0.3 is 0 Å². The maximum atomic E-state index is 12.3. The lowest BCUT2D eigenvalue weighted by Gasteiger charge is -2.35. The highest BCUT2D eigenvalue weighted by atomic mass is 16.5. The molecule has 2 rings (SSSR count). The van der Waals surface area contributed by atoms with Gasteiger partial charge in [0.05, 0.1) is 13.7 Å². The van der Waals surface area contributed by atoms with E-state index in [1.807, 2.05) is 19.2 Å². The summed E-state index contributed by atoms with van der Waals surface area (Å²) in [4.78, 5) is 14.4. The van der Waals surface area contributed by atoms with Crippen LogP contribution >= 0.6 is 0 Å². The zero-order valence-electron chi connectivity index (χ0n) is 16.3. The molecule has 0 heterocycles. The smallest absolute Gasteiger partial charge is 0.234 e. The summed E-state index contributed by atoms with van der Waals surface area (Å²) in [6.07, 6.45) is 5.71.